The Morgan fingerprint density at radius 3 is 3.00 bits per heavy atom. The lowest BCUT2D eigenvalue weighted by Crippen LogP contribution is -2.19. The highest BCUT2D eigenvalue weighted by Crippen LogP contribution is 2.34. The fourth-order valence-electron chi connectivity index (χ4n) is 2.01. The summed E-state index contributed by atoms with van der Waals surface area (Å²) in [6.07, 6.45) is 3.37. The molecule has 0 amide bonds. The van der Waals surface area contributed by atoms with Crippen LogP contribution < -0.4 is 10.1 Å². The molecule has 0 spiro atoms. The third-order valence-electron chi connectivity index (χ3n) is 3.23. The summed E-state index contributed by atoms with van der Waals surface area (Å²) in [7, 11) is 1.53. The molecule has 4 nitrogen and oxygen atoms in total. The Bertz CT molecular complexity index is 598. The molecule has 0 saturated heterocycles. The van der Waals surface area contributed by atoms with E-state index in [-0.39, 0.29) is 5.82 Å². The summed E-state index contributed by atoms with van der Waals surface area (Å²) in [5.41, 5.74) is 0.397. The van der Waals surface area contributed by atoms with Crippen molar-refractivity contribution in [3.8, 4) is 16.3 Å². The maximum Gasteiger partial charge on any atom is 0.154 e. The van der Waals surface area contributed by atoms with Crippen molar-refractivity contribution >= 4 is 11.3 Å². The van der Waals surface area contributed by atoms with Crippen LogP contribution in [0.4, 0.5) is 4.39 Å². The number of nitrogens with one attached hydrogen (secondary N) is 1. The molecule has 1 aliphatic carbocycles. The van der Waals surface area contributed by atoms with Crippen LogP contribution in [-0.2, 0) is 6.42 Å². The van der Waals surface area contributed by atoms with Crippen LogP contribution in [0.1, 0.15) is 17.8 Å². The van der Waals surface area contributed by atoms with Crippen LogP contribution in [0.15, 0.2) is 18.2 Å². The van der Waals surface area contributed by atoms with Crippen LogP contribution in [0, 0.1) is 5.82 Å². The van der Waals surface area contributed by atoms with E-state index in [1.807, 2.05) is 0 Å². The Morgan fingerprint density at radius 2 is 2.25 bits per heavy atom. The second-order valence-corrected chi connectivity index (χ2v) is 5.86. The Hall–Kier alpha value is -1.53. The van der Waals surface area contributed by atoms with Gasteiger partial charge < -0.3 is 10.1 Å². The van der Waals surface area contributed by atoms with Gasteiger partial charge in [-0.3, -0.25) is 0 Å². The van der Waals surface area contributed by atoms with E-state index in [1.54, 1.807) is 12.1 Å². The Morgan fingerprint density at radius 1 is 1.40 bits per heavy atom. The van der Waals surface area contributed by atoms with Gasteiger partial charge >= 0.3 is 0 Å². The van der Waals surface area contributed by atoms with Gasteiger partial charge in [-0.2, -0.15) is 0 Å². The quantitative estimate of drug-likeness (QED) is 0.889. The molecule has 20 heavy (non-hydrogen) atoms. The van der Waals surface area contributed by atoms with E-state index in [0.29, 0.717) is 22.4 Å². The summed E-state index contributed by atoms with van der Waals surface area (Å²) >= 11 is 1.42. The zero-order valence-corrected chi connectivity index (χ0v) is 12.0. The molecule has 0 atom stereocenters. The first kappa shape index (κ1) is 13.5. The number of methoxy groups -OCH3 is 1. The zero-order chi connectivity index (χ0) is 13.9. The van der Waals surface area contributed by atoms with E-state index >= 15 is 0 Å². The normalized spacial score (nSPS) is 14.5. The third kappa shape index (κ3) is 2.96. The molecular formula is C14H16FN3OS. The predicted molar refractivity (Wildman–Crippen MR) is 76.6 cm³/mol. The highest BCUT2D eigenvalue weighted by atomic mass is 32.1. The van der Waals surface area contributed by atoms with Crippen LogP contribution >= 0.6 is 11.3 Å². The topological polar surface area (TPSA) is 47.0 Å². The van der Waals surface area contributed by atoms with Gasteiger partial charge in [0.05, 0.1) is 12.7 Å². The van der Waals surface area contributed by atoms with Gasteiger partial charge in [0.15, 0.2) is 5.01 Å². The first-order valence-electron chi connectivity index (χ1n) is 6.66. The molecule has 1 aliphatic rings. The predicted octanol–water partition coefficient (Wildman–Crippen LogP) is 2.65. The number of rotatable bonds is 6. The van der Waals surface area contributed by atoms with Crippen molar-refractivity contribution in [2.75, 3.05) is 13.7 Å². The van der Waals surface area contributed by atoms with Gasteiger partial charge in [-0.1, -0.05) is 17.4 Å². The van der Waals surface area contributed by atoms with Crippen LogP contribution in [0.3, 0.4) is 0 Å². The number of hydrogen-bond donors (Lipinski definition) is 1. The Kier molecular flexibility index (Phi) is 3.93. The third-order valence-corrected chi connectivity index (χ3v) is 4.23. The van der Waals surface area contributed by atoms with E-state index in [9.17, 15) is 4.39 Å². The van der Waals surface area contributed by atoms with Crippen molar-refractivity contribution in [1.29, 1.82) is 0 Å². The van der Waals surface area contributed by atoms with Crippen molar-refractivity contribution in [1.82, 2.24) is 15.5 Å². The van der Waals surface area contributed by atoms with Gasteiger partial charge in [-0.15, -0.1) is 10.2 Å². The molecule has 1 saturated carbocycles. The van der Waals surface area contributed by atoms with Crippen molar-refractivity contribution < 1.29 is 9.13 Å². The van der Waals surface area contributed by atoms with Crippen LogP contribution in [0.2, 0.25) is 0 Å². The lowest BCUT2D eigenvalue weighted by atomic mass is 10.2. The summed E-state index contributed by atoms with van der Waals surface area (Å²) in [6, 6.07) is 5.45. The summed E-state index contributed by atoms with van der Waals surface area (Å²) in [5.74, 6) is 0.159. The molecule has 0 bridgehead atoms. The second kappa shape index (κ2) is 5.85. The van der Waals surface area contributed by atoms with Gasteiger partial charge in [0.2, 0.25) is 0 Å². The highest BCUT2D eigenvalue weighted by molar-refractivity contribution is 7.14. The molecule has 1 aromatic heterocycles. The minimum Gasteiger partial charge on any atom is -0.496 e. The van der Waals surface area contributed by atoms with Crippen LogP contribution in [-0.4, -0.2) is 29.9 Å². The van der Waals surface area contributed by atoms with Crippen LogP contribution in [0.5, 0.6) is 5.75 Å². The molecule has 2 aromatic rings. The molecule has 1 aromatic carbocycles. The Labute approximate surface area is 121 Å². The van der Waals surface area contributed by atoms with E-state index in [1.165, 1.54) is 37.4 Å². The van der Waals surface area contributed by atoms with E-state index < -0.39 is 0 Å². The molecule has 3 rings (SSSR count). The second-order valence-electron chi connectivity index (χ2n) is 4.80. The van der Waals surface area contributed by atoms with Gasteiger partial charge in [-0.25, -0.2) is 4.39 Å². The number of benzene rings is 1. The lowest BCUT2D eigenvalue weighted by Gasteiger charge is -2.05. The van der Waals surface area contributed by atoms with Crippen LogP contribution in [0.25, 0.3) is 10.6 Å². The summed E-state index contributed by atoms with van der Waals surface area (Å²) < 4.78 is 19.1. The molecule has 0 unspecified atom stereocenters. The van der Waals surface area contributed by atoms with Gasteiger partial charge in [-0.05, 0) is 25.0 Å². The van der Waals surface area contributed by atoms with Gasteiger partial charge in [0.1, 0.15) is 16.6 Å². The maximum absolute atomic E-state index is 13.9. The van der Waals surface area contributed by atoms with Crippen molar-refractivity contribution in [2.45, 2.75) is 25.3 Å². The molecule has 106 valence electrons. The minimum absolute atomic E-state index is 0.330. The van der Waals surface area contributed by atoms with E-state index in [0.717, 1.165) is 18.0 Å². The number of halogens is 1. The number of hydrogen-bond acceptors (Lipinski definition) is 5. The van der Waals surface area contributed by atoms with E-state index in [2.05, 4.69) is 15.5 Å². The molecular weight excluding hydrogens is 277 g/mol. The van der Waals surface area contributed by atoms with Crippen molar-refractivity contribution in [3.05, 3.63) is 29.0 Å². The SMILES string of the molecule is COc1cccc(F)c1-c1nnc(CCNC2CC2)s1. The molecule has 0 radical (unpaired) electrons. The van der Waals surface area contributed by atoms with Crippen molar-refractivity contribution in [3.63, 3.8) is 0 Å². The average Bonchev–Trinajstić information content (AvgIpc) is 3.16. The molecule has 6 heteroatoms. The van der Waals surface area contributed by atoms with E-state index in [4.69, 9.17) is 4.74 Å². The van der Waals surface area contributed by atoms with Crippen molar-refractivity contribution in [2.24, 2.45) is 0 Å². The largest absolute Gasteiger partial charge is 0.496 e. The smallest absolute Gasteiger partial charge is 0.154 e. The average molecular weight is 293 g/mol. The molecule has 1 N–H and O–H groups in total. The number of aromatic nitrogens is 2. The van der Waals surface area contributed by atoms with Gasteiger partial charge in [0.25, 0.3) is 0 Å². The van der Waals surface area contributed by atoms with Gasteiger partial charge in [0, 0.05) is 19.0 Å². The summed E-state index contributed by atoms with van der Waals surface area (Å²) in [5, 5.41) is 13.1. The molecule has 0 aliphatic heterocycles. The summed E-state index contributed by atoms with van der Waals surface area (Å²) in [4.78, 5) is 0. The molecule has 1 heterocycles. The lowest BCUT2D eigenvalue weighted by molar-refractivity contribution is 0.413. The Balaban J connectivity index is 1.75. The number of nitrogens with zero attached hydrogens (tertiary/aromatic N) is 2. The fourth-order valence-corrected chi connectivity index (χ4v) is 2.90. The highest BCUT2D eigenvalue weighted by Gasteiger charge is 2.20. The standard InChI is InChI=1S/C14H16FN3OS/c1-19-11-4-2-3-10(15)13(11)14-18-17-12(20-14)7-8-16-9-5-6-9/h2-4,9,16H,5-8H2,1H3. The first-order chi connectivity index (χ1) is 9.78. The fraction of sp³-hybridized carbons (Fsp3) is 0.429. The monoisotopic (exact) mass is 293 g/mol. The minimum atomic E-state index is -0.330. The zero-order valence-electron chi connectivity index (χ0n) is 11.2. The maximum atomic E-state index is 13.9. The first-order valence-corrected chi connectivity index (χ1v) is 7.48. The molecule has 1 fully saturated rings. The number of ether oxygens (including phenoxy) is 1. The summed E-state index contributed by atoms with van der Waals surface area (Å²) in [6.45, 7) is 0.897.